The average molecular weight is 629 g/mol. The zero-order valence-electron chi connectivity index (χ0n) is 26.6. The van der Waals surface area contributed by atoms with E-state index in [9.17, 15) is 4.79 Å². The molecular weight excluding hydrogens is 588 g/mol. The molecule has 1 aromatic carbocycles. The Hall–Kier alpha value is -3.99. The molecule has 1 atom stereocenters. The summed E-state index contributed by atoms with van der Waals surface area (Å²) in [6.07, 6.45) is 8.64. The summed E-state index contributed by atoms with van der Waals surface area (Å²) < 4.78 is 19.8. The molecule has 1 amide bonds. The normalized spacial score (nSPS) is 19.4. The first-order valence-corrected chi connectivity index (χ1v) is 16.7. The van der Waals surface area contributed by atoms with Crippen LogP contribution in [0.1, 0.15) is 93.6 Å². The molecule has 1 aliphatic carbocycles. The summed E-state index contributed by atoms with van der Waals surface area (Å²) in [7, 11) is 0. The van der Waals surface area contributed by atoms with E-state index < -0.39 is 5.60 Å². The molecule has 10 nitrogen and oxygen atoms in total. The number of nitrogens with zero attached hydrogens (tertiary/aromatic N) is 6. The Morgan fingerprint density at radius 2 is 1.89 bits per heavy atom. The van der Waals surface area contributed by atoms with Crippen LogP contribution < -0.4 is 4.74 Å². The Labute approximate surface area is 267 Å². The second-order valence-corrected chi connectivity index (χ2v) is 14.4. The van der Waals surface area contributed by atoms with Gasteiger partial charge in [0.05, 0.1) is 24.4 Å². The number of piperidine rings is 1. The molecule has 3 aliphatic rings. The number of fused-ring (bicyclic) bond motifs is 3. The predicted molar refractivity (Wildman–Crippen MR) is 172 cm³/mol. The lowest BCUT2D eigenvalue weighted by Gasteiger charge is -2.51. The number of carbonyl (C=O) groups is 1. The number of hydrogen-bond donors (Lipinski definition) is 0. The van der Waals surface area contributed by atoms with Crippen molar-refractivity contribution < 1.29 is 18.7 Å². The number of hydrogen-bond acceptors (Lipinski definition) is 9. The van der Waals surface area contributed by atoms with Gasteiger partial charge in [-0.25, -0.2) is 9.78 Å². The molecule has 0 bridgehead atoms. The highest BCUT2D eigenvalue weighted by atomic mass is 32.1. The van der Waals surface area contributed by atoms with Crippen LogP contribution in [0.3, 0.4) is 0 Å². The summed E-state index contributed by atoms with van der Waals surface area (Å²) in [6, 6.07) is 8.05. The summed E-state index contributed by atoms with van der Waals surface area (Å²) in [5, 5.41) is 12.3. The molecular formula is C34H40N6O4S. The van der Waals surface area contributed by atoms with Gasteiger partial charge in [0.15, 0.2) is 11.7 Å². The van der Waals surface area contributed by atoms with E-state index in [4.69, 9.17) is 18.9 Å². The lowest BCUT2D eigenvalue weighted by molar-refractivity contribution is -0.0583. The van der Waals surface area contributed by atoms with Crippen LogP contribution in [-0.2, 0) is 17.6 Å². The van der Waals surface area contributed by atoms with Crippen LogP contribution in [0.25, 0.3) is 5.00 Å². The van der Waals surface area contributed by atoms with E-state index in [-0.39, 0.29) is 23.7 Å². The number of aryl methyl sites for hydroxylation is 2. The number of aliphatic imine (C=N–C) groups is 1. The summed E-state index contributed by atoms with van der Waals surface area (Å²) in [4.78, 5) is 24.0. The first-order valence-electron chi connectivity index (χ1n) is 15.9. The van der Waals surface area contributed by atoms with Gasteiger partial charge in [-0.05, 0) is 100 Å². The van der Waals surface area contributed by atoms with Gasteiger partial charge in [0.2, 0.25) is 0 Å². The zero-order valence-corrected chi connectivity index (χ0v) is 27.4. The Morgan fingerprint density at radius 3 is 2.56 bits per heavy atom. The van der Waals surface area contributed by atoms with Crippen LogP contribution in [0.4, 0.5) is 4.79 Å². The fraction of sp³-hybridized carbons (Fsp3) is 0.500. The molecule has 1 spiro atoms. The number of oxazole rings is 1. The number of ether oxygens (including phenoxy) is 2. The molecule has 0 N–H and O–H groups in total. The Kier molecular flexibility index (Phi) is 7.54. The lowest BCUT2D eigenvalue weighted by atomic mass is 9.61. The van der Waals surface area contributed by atoms with E-state index >= 15 is 0 Å². The third kappa shape index (κ3) is 5.78. The van der Waals surface area contributed by atoms with Crippen molar-refractivity contribution in [3.8, 4) is 10.8 Å². The number of rotatable bonds is 6. The summed E-state index contributed by atoms with van der Waals surface area (Å²) in [5.41, 5.74) is 4.15. The van der Waals surface area contributed by atoms with Crippen molar-refractivity contribution in [2.45, 2.75) is 90.9 Å². The molecule has 4 aromatic rings. The monoisotopic (exact) mass is 628 g/mol. The van der Waals surface area contributed by atoms with Crippen LogP contribution in [0.5, 0.6) is 5.75 Å². The van der Waals surface area contributed by atoms with Gasteiger partial charge < -0.3 is 18.8 Å². The van der Waals surface area contributed by atoms with Gasteiger partial charge in [0, 0.05) is 24.2 Å². The largest absolute Gasteiger partial charge is 0.490 e. The predicted octanol–water partition coefficient (Wildman–Crippen LogP) is 6.88. The van der Waals surface area contributed by atoms with E-state index in [1.807, 2.05) is 32.6 Å². The highest BCUT2D eigenvalue weighted by molar-refractivity contribution is 7.13. The van der Waals surface area contributed by atoms with E-state index in [0.29, 0.717) is 12.3 Å². The molecule has 0 unspecified atom stereocenters. The Bertz CT molecular complexity index is 1700. The van der Waals surface area contributed by atoms with E-state index in [1.54, 1.807) is 23.8 Å². The third-order valence-corrected chi connectivity index (χ3v) is 10.2. The second-order valence-electron chi connectivity index (χ2n) is 13.5. The molecule has 1 saturated heterocycles. The molecule has 45 heavy (non-hydrogen) atoms. The van der Waals surface area contributed by atoms with Crippen molar-refractivity contribution in [2.75, 3.05) is 13.1 Å². The molecule has 7 rings (SSSR count). The smallest absolute Gasteiger partial charge is 0.410 e. The molecule has 3 aromatic heterocycles. The standard InChI is InChI=1S/C34H40N6O4S/c1-6-22-20-45-31-28(22)29(36-26(17-27-35-13-16-42-27)30-38-37-21(2)40(30)31)23-7-9-24(10-8-23)43-25-18-34(19-25)11-14-39(15-12-34)32(41)44-33(3,4)5/h7-10,13,16,20,25-26H,6,11-12,14-15,17-19H2,1-5H3/t26-/m0/s1. The van der Waals surface area contributed by atoms with Crippen molar-refractivity contribution in [1.82, 2.24) is 24.6 Å². The number of likely N-dealkylation sites (tertiary alicyclic amines) is 1. The minimum absolute atomic E-state index is 0.187. The first-order chi connectivity index (χ1) is 21.6. The van der Waals surface area contributed by atoms with Gasteiger partial charge in [-0.1, -0.05) is 6.92 Å². The van der Waals surface area contributed by atoms with Gasteiger partial charge in [-0.2, -0.15) is 0 Å². The first kappa shape index (κ1) is 29.7. The minimum atomic E-state index is -0.469. The van der Waals surface area contributed by atoms with E-state index in [0.717, 1.165) is 84.4 Å². The second kappa shape index (κ2) is 11.4. The Morgan fingerprint density at radius 1 is 1.13 bits per heavy atom. The highest BCUT2D eigenvalue weighted by Crippen LogP contribution is 2.50. The van der Waals surface area contributed by atoms with Crippen LogP contribution in [0, 0.1) is 12.3 Å². The average Bonchev–Trinajstić information content (AvgIpc) is 3.73. The number of aromatic nitrogens is 4. The van der Waals surface area contributed by atoms with Crippen molar-refractivity contribution in [3.63, 3.8) is 0 Å². The van der Waals surface area contributed by atoms with Crippen LogP contribution >= 0.6 is 11.3 Å². The fourth-order valence-electron chi connectivity index (χ4n) is 6.83. The number of thiophene rings is 1. The molecule has 0 radical (unpaired) electrons. The number of amides is 1. The maximum atomic E-state index is 12.5. The van der Waals surface area contributed by atoms with Gasteiger partial charge >= 0.3 is 6.09 Å². The van der Waals surface area contributed by atoms with Crippen LogP contribution in [0.15, 0.2) is 51.5 Å². The summed E-state index contributed by atoms with van der Waals surface area (Å²) >= 11 is 1.71. The molecule has 2 aliphatic heterocycles. The molecule has 11 heteroatoms. The topological polar surface area (TPSA) is 108 Å². The quantitative estimate of drug-likeness (QED) is 0.229. The number of benzene rings is 1. The van der Waals surface area contributed by atoms with Crippen LogP contribution in [0.2, 0.25) is 0 Å². The number of carbonyl (C=O) groups excluding carboxylic acids is 1. The van der Waals surface area contributed by atoms with E-state index in [1.165, 1.54) is 5.56 Å². The lowest BCUT2D eigenvalue weighted by Crippen LogP contribution is -2.52. The highest BCUT2D eigenvalue weighted by Gasteiger charge is 2.48. The van der Waals surface area contributed by atoms with Gasteiger partial charge in [0.25, 0.3) is 0 Å². The molecule has 2 fully saturated rings. The maximum Gasteiger partial charge on any atom is 0.410 e. The van der Waals surface area contributed by atoms with Gasteiger partial charge in [-0.15, -0.1) is 21.5 Å². The van der Waals surface area contributed by atoms with Crippen molar-refractivity contribution in [2.24, 2.45) is 10.4 Å². The summed E-state index contributed by atoms with van der Waals surface area (Å²) in [6.45, 7) is 11.4. The SMILES string of the molecule is CCc1csc2c1C(c1ccc(OC3CC4(CCN(C(=O)OC(C)(C)C)CC4)C3)cc1)=N[C@@H](Cc1ncco1)c1nnc(C)n1-2. The maximum absolute atomic E-state index is 12.5. The zero-order chi connectivity index (χ0) is 31.3. The van der Waals surface area contributed by atoms with E-state index in [2.05, 4.69) is 56.3 Å². The minimum Gasteiger partial charge on any atom is -0.490 e. The van der Waals surface area contributed by atoms with Gasteiger partial charge in [0.1, 0.15) is 34.5 Å². The molecule has 236 valence electrons. The van der Waals surface area contributed by atoms with Crippen molar-refractivity contribution in [1.29, 1.82) is 0 Å². The molecule has 5 heterocycles. The Balaban J connectivity index is 1.07. The van der Waals surface area contributed by atoms with Crippen LogP contribution in [-0.4, -0.2) is 61.2 Å². The third-order valence-electron chi connectivity index (χ3n) is 9.18. The molecule has 1 saturated carbocycles. The van der Waals surface area contributed by atoms with Crippen molar-refractivity contribution >= 4 is 23.1 Å². The van der Waals surface area contributed by atoms with Gasteiger partial charge in [-0.3, -0.25) is 9.56 Å². The van der Waals surface area contributed by atoms with Crippen molar-refractivity contribution in [3.05, 3.63) is 76.3 Å². The summed E-state index contributed by atoms with van der Waals surface area (Å²) in [5.74, 6) is 3.11. The fourth-order valence-corrected chi connectivity index (χ4v) is 8.05.